The molecular formula is C13H14ClNOS. The summed E-state index contributed by atoms with van der Waals surface area (Å²) >= 11 is 7.73. The molecule has 0 amide bonds. The predicted molar refractivity (Wildman–Crippen MR) is 72.5 cm³/mol. The van der Waals surface area contributed by atoms with Gasteiger partial charge in [-0.25, -0.2) is 0 Å². The first kappa shape index (κ1) is 12.6. The fourth-order valence-electron chi connectivity index (χ4n) is 1.58. The molecule has 2 nitrogen and oxygen atoms in total. The molecule has 0 aliphatic carbocycles. The van der Waals surface area contributed by atoms with Gasteiger partial charge in [-0.05, 0) is 48.9 Å². The zero-order chi connectivity index (χ0) is 12.1. The maximum absolute atomic E-state index is 5.98. The van der Waals surface area contributed by atoms with Crippen LogP contribution in [0.5, 0.6) is 0 Å². The molecule has 0 unspecified atom stereocenters. The van der Waals surface area contributed by atoms with Crippen molar-refractivity contribution in [3.8, 4) is 0 Å². The van der Waals surface area contributed by atoms with Crippen LogP contribution in [0.15, 0.2) is 45.9 Å². The third-order valence-electron chi connectivity index (χ3n) is 2.39. The van der Waals surface area contributed by atoms with E-state index in [4.69, 9.17) is 21.8 Å². The quantitative estimate of drug-likeness (QED) is 0.839. The fourth-order valence-corrected chi connectivity index (χ4v) is 2.75. The first-order valence-corrected chi connectivity index (χ1v) is 6.79. The molecule has 0 atom stereocenters. The van der Waals surface area contributed by atoms with E-state index in [-0.39, 0.29) is 0 Å². The molecule has 2 N–H and O–H groups in total. The molecule has 1 aromatic carbocycles. The van der Waals surface area contributed by atoms with Gasteiger partial charge in [0.25, 0.3) is 0 Å². The summed E-state index contributed by atoms with van der Waals surface area (Å²) in [7, 11) is 0. The Labute approximate surface area is 110 Å². The summed E-state index contributed by atoms with van der Waals surface area (Å²) in [5.41, 5.74) is 6.80. The Balaban J connectivity index is 2.08. The average Bonchev–Trinajstić information content (AvgIpc) is 2.81. The van der Waals surface area contributed by atoms with Gasteiger partial charge >= 0.3 is 0 Å². The van der Waals surface area contributed by atoms with Crippen LogP contribution in [0.3, 0.4) is 0 Å². The van der Waals surface area contributed by atoms with Crippen molar-refractivity contribution in [2.75, 3.05) is 6.54 Å². The van der Waals surface area contributed by atoms with Crippen molar-refractivity contribution in [2.24, 2.45) is 5.73 Å². The molecule has 4 heteroatoms. The molecule has 90 valence electrons. The third kappa shape index (κ3) is 3.53. The van der Waals surface area contributed by atoms with E-state index in [1.165, 1.54) is 10.5 Å². The lowest BCUT2D eigenvalue weighted by molar-refractivity contribution is 0.530. The highest BCUT2D eigenvalue weighted by atomic mass is 35.5. The topological polar surface area (TPSA) is 39.2 Å². The van der Waals surface area contributed by atoms with Crippen molar-refractivity contribution in [2.45, 2.75) is 17.1 Å². The Hall–Kier alpha value is -0.900. The smallest absolute Gasteiger partial charge is 0.113 e. The lowest BCUT2D eigenvalue weighted by Crippen LogP contribution is -2.03. The van der Waals surface area contributed by atoms with Crippen LogP contribution in [0.2, 0.25) is 5.02 Å². The molecule has 0 radical (unpaired) electrons. The minimum Gasteiger partial charge on any atom is -0.468 e. The predicted octanol–water partition coefficient (Wildman–Crippen LogP) is 3.73. The van der Waals surface area contributed by atoms with Crippen LogP contribution in [0.4, 0.5) is 0 Å². The van der Waals surface area contributed by atoms with E-state index in [2.05, 4.69) is 0 Å². The minimum absolute atomic E-state index is 0.634. The first-order chi connectivity index (χ1) is 8.29. The normalized spacial score (nSPS) is 10.7. The van der Waals surface area contributed by atoms with Gasteiger partial charge in [-0.2, -0.15) is 0 Å². The number of hydrogen-bond donors (Lipinski definition) is 1. The summed E-state index contributed by atoms with van der Waals surface area (Å²) in [6.45, 7) is 0.634. The van der Waals surface area contributed by atoms with Gasteiger partial charge < -0.3 is 10.2 Å². The van der Waals surface area contributed by atoms with Gasteiger partial charge in [0.15, 0.2) is 0 Å². The minimum atomic E-state index is 0.634. The number of benzene rings is 1. The third-order valence-corrected chi connectivity index (χ3v) is 3.76. The van der Waals surface area contributed by atoms with Gasteiger partial charge in [0, 0.05) is 9.92 Å². The second-order valence-electron chi connectivity index (χ2n) is 3.66. The van der Waals surface area contributed by atoms with Crippen LogP contribution in [0.1, 0.15) is 11.3 Å². The van der Waals surface area contributed by atoms with Crippen molar-refractivity contribution < 1.29 is 4.42 Å². The van der Waals surface area contributed by atoms with Crippen molar-refractivity contribution in [3.63, 3.8) is 0 Å². The maximum Gasteiger partial charge on any atom is 0.113 e. The lowest BCUT2D eigenvalue weighted by Gasteiger charge is -2.08. The zero-order valence-corrected chi connectivity index (χ0v) is 10.9. The molecule has 0 aliphatic heterocycles. The van der Waals surface area contributed by atoms with E-state index in [1.54, 1.807) is 18.0 Å². The van der Waals surface area contributed by atoms with Gasteiger partial charge in [0.05, 0.1) is 12.0 Å². The van der Waals surface area contributed by atoms with E-state index in [0.29, 0.717) is 6.54 Å². The summed E-state index contributed by atoms with van der Waals surface area (Å²) < 4.78 is 5.31. The van der Waals surface area contributed by atoms with Gasteiger partial charge in [-0.15, -0.1) is 11.8 Å². The van der Waals surface area contributed by atoms with Gasteiger partial charge in [-0.3, -0.25) is 0 Å². The second kappa shape index (κ2) is 6.15. The highest BCUT2D eigenvalue weighted by Crippen LogP contribution is 2.28. The number of furan rings is 1. The van der Waals surface area contributed by atoms with Crippen LogP contribution in [0, 0.1) is 0 Å². The first-order valence-electron chi connectivity index (χ1n) is 5.43. The second-order valence-corrected chi connectivity index (χ2v) is 5.11. The summed E-state index contributed by atoms with van der Waals surface area (Å²) in [5, 5.41) is 0.760. The van der Waals surface area contributed by atoms with Crippen molar-refractivity contribution in [1.29, 1.82) is 0 Å². The Bertz CT molecular complexity index is 470. The summed E-state index contributed by atoms with van der Waals surface area (Å²) in [5.74, 6) is 1.80. The van der Waals surface area contributed by atoms with E-state index in [9.17, 15) is 0 Å². The Kier molecular flexibility index (Phi) is 4.54. The molecule has 2 aromatic rings. The molecule has 0 saturated heterocycles. The molecule has 0 bridgehead atoms. The largest absolute Gasteiger partial charge is 0.468 e. The molecule has 1 heterocycles. The summed E-state index contributed by atoms with van der Waals surface area (Å²) in [4.78, 5) is 1.22. The SMILES string of the molecule is NCCc1cc(Cl)ccc1SCc1ccco1. The van der Waals surface area contributed by atoms with Crippen molar-refractivity contribution >= 4 is 23.4 Å². The van der Waals surface area contributed by atoms with Crippen molar-refractivity contribution in [3.05, 3.63) is 52.9 Å². The van der Waals surface area contributed by atoms with Crippen LogP contribution in [-0.2, 0) is 12.2 Å². The number of rotatable bonds is 5. The van der Waals surface area contributed by atoms with Gasteiger partial charge in [-0.1, -0.05) is 11.6 Å². The number of thioether (sulfide) groups is 1. The standard InChI is InChI=1S/C13H14ClNOS/c14-11-3-4-13(10(8-11)5-6-15)17-9-12-2-1-7-16-12/h1-4,7-8H,5-6,9,15H2. The molecular weight excluding hydrogens is 254 g/mol. The van der Waals surface area contributed by atoms with Crippen LogP contribution >= 0.6 is 23.4 Å². The highest BCUT2D eigenvalue weighted by Gasteiger charge is 2.05. The Morgan fingerprint density at radius 3 is 2.88 bits per heavy atom. The zero-order valence-electron chi connectivity index (χ0n) is 9.36. The van der Waals surface area contributed by atoms with Gasteiger partial charge in [0.1, 0.15) is 5.76 Å². The summed E-state index contributed by atoms with van der Waals surface area (Å²) in [6.07, 6.45) is 2.54. The van der Waals surface area contributed by atoms with E-state index in [1.807, 2.05) is 30.3 Å². The molecule has 0 spiro atoms. The molecule has 17 heavy (non-hydrogen) atoms. The molecule has 2 rings (SSSR count). The maximum atomic E-state index is 5.98. The van der Waals surface area contributed by atoms with Gasteiger partial charge in [0.2, 0.25) is 0 Å². The van der Waals surface area contributed by atoms with E-state index in [0.717, 1.165) is 23.0 Å². The number of halogens is 1. The molecule has 1 aromatic heterocycles. The average molecular weight is 268 g/mol. The fraction of sp³-hybridized carbons (Fsp3) is 0.231. The monoisotopic (exact) mass is 267 g/mol. The van der Waals surface area contributed by atoms with E-state index >= 15 is 0 Å². The Morgan fingerprint density at radius 2 is 2.18 bits per heavy atom. The summed E-state index contributed by atoms with van der Waals surface area (Å²) in [6, 6.07) is 9.82. The molecule has 0 saturated carbocycles. The van der Waals surface area contributed by atoms with Crippen molar-refractivity contribution in [1.82, 2.24) is 0 Å². The van der Waals surface area contributed by atoms with Crippen LogP contribution < -0.4 is 5.73 Å². The Morgan fingerprint density at radius 1 is 1.29 bits per heavy atom. The molecule has 0 aliphatic rings. The lowest BCUT2D eigenvalue weighted by atomic mass is 10.1. The molecule has 0 fully saturated rings. The van der Waals surface area contributed by atoms with E-state index < -0.39 is 0 Å². The number of nitrogens with two attached hydrogens (primary N) is 1. The van der Waals surface area contributed by atoms with Crippen LogP contribution in [-0.4, -0.2) is 6.54 Å². The highest BCUT2D eigenvalue weighted by molar-refractivity contribution is 7.98. The van der Waals surface area contributed by atoms with Crippen LogP contribution in [0.25, 0.3) is 0 Å². The number of hydrogen-bond acceptors (Lipinski definition) is 3.